The number of tetrazole rings is 1. The Morgan fingerprint density at radius 2 is 2.00 bits per heavy atom. The van der Waals surface area contributed by atoms with Gasteiger partial charge in [0, 0.05) is 12.1 Å². The van der Waals surface area contributed by atoms with Crippen LogP contribution in [0.3, 0.4) is 0 Å². The van der Waals surface area contributed by atoms with Crippen LogP contribution >= 0.6 is 0 Å². The van der Waals surface area contributed by atoms with E-state index in [4.69, 9.17) is 5.73 Å². The van der Waals surface area contributed by atoms with Gasteiger partial charge in [-0.25, -0.2) is 0 Å². The minimum atomic E-state index is -0.249. The third kappa shape index (κ3) is 2.59. The Bertz CT molecular complexity index is 476. The average molecular weight is 232 g/mol. The molecule has 0 bridgehead atoms. The summed E-state index contributed by atoms with van der Waals surface area (Å²) in [5, 5.41) is 14.8. The van der Waals surface area contributed by atoms with Crippen molar-refractivity contribution in [1.29, 1.82) is 0 Å². The highest BCUT2D eigenvalue weighted by atomic mass is 15.6. The van der Waals surface area contributed by atoms with E-state index >= 15 is 0 Å². The van der Waals surface area contributed by atoms with E-state index in [-0.39, 0.29) is 5.54 Å². The molecule has 0 amide bonds. The van der Waals surface area contributed by atoms with E-state index < -0.39 is 0 Å². The second kappa shape index (κ2) is 4.50. The SMILES string of the molecule is CC(C)(CN)Nc1nnnn1-c1ccccc1. The lowest BCUT2D eigenvalue weighted by Crippen LogP contribution is -2.40. The highest BCUT2D eigenvalue weighted by Crippen LogP contribution is 2.14. The number of rotatable bonds is 4. The first kappa shape index (κ1) is 11.5. The predicted octanol–water partition coefficient (Wildman–Crippen LogP) is 0.811. The predicted molar refractivity (Wildman–Crippen MR) is 65.9 cm³/mol. The fourth-order valence-corrected chi connectivity index (χ4v) is 1.36. The summed E-state index contributed by atoms with van der Waals surface area (Å²) in [6.45, 7) is 4.49. The van der Waals surface area contributed by atoms with Gasteiger partial charge in [-0.1, -0.05) is 23.3 Å². The molecule has 0 atom stereocenters. The van der Waals surface area contributed by atoms with Gasteiger partial charge in [-0.2, -0.15) is 4.68 Å². The molecule has 0 aliphatic heterocycles. The van der Waals surface area contributed by atoms with Crippen LogP contribution in [0, 0.1) is 0 Å². The van der Waals surface area contributed by atoms with E-state index in [1.807, 2.05) is 44.2 Å². The number of nitrogens with zero attached hydrogens (tertiary/aromatic N) is 4. The summed E-state index contributed by atoms with van der Waals surface area (Å²) in [4.78, 5) is 0. The fraction of sp³-hybridized carbons (Fsp3) is 0.364. The second-order valence-corrected chi connectivity index (χ2v) is 4.46. The molecule has 0 spiro atoms. The molecule has 0 saturated heterocycles. The molecule has 1 heterocycles. The quantitative estimate of drug-likeness (QED) is 0.815. The number of para-hydroxylation sites is 1. The van der Waals surface area contributed by atoms with Gasteiger partial charge in [-0.15, -0.1) is 0 Å². The molecule has 6 heteroatoms. The van der Waals surface area contributed by atoms with E-state index in [1.54, 1.807) is 4.68 Å². The molecule has 17 heavy (non-hydrogen) atoms. The zero-order chi connectivity index (χ0) is 12.3. The number of nitrogens with one attached hydrogen (secondary N) is 1. The lowest BCUT2D eigenvalue weighted by molar-refractivity contribution is 0.570. The first-order chi connectivity index (χ1) is 8.12. The summed E-state index contributed by atoms with van der Waals surface area (Å²) >= 11 is 0. The summed E-state index contributed by atoms with van der Waals surface area (Å²) in [7, 11) is 0. The van der Waals surface area contributed by atoms with Gasteiger partial charge in [0.05, 0.1) is 5.69 Å². The molecule has 0 saturated carbocycles. The first-order valence-electron chi connectivity index (χ1n) is 5.44. The normalized spacial score (nSPS) is 11.5. The molecule has 2 aromatic rings. The molecule has 2 rings (SSSR count). The van der Waals surface area contributed by atoms with Crippen molar-refractivity contribution >= 4 is 5.95 Å². The van der Waals surface area contributed by atoms with Gasteiger partial charge in [0.2, 0.25) is 5.95 Å². The first-order valence-corrected chi connectivity index (χ1v) is 5.44. The van der Waals surface area contributed by atoms with Crippen molar-refractivity contribution in [1.82, 2.24) is 20.2 Å². The molecular weight excluding hydrogens is 216 g/mol. The maximum Gasteiger partial charge on any atom is 0.248 e. The Kier molecular flexibility index (Phi) is 3.06. The molecule has 6 nitrogen and oxygen atoms in total. The van der Waals surface area contributed by atoms with Gasteiger partial charge in [-0.05, 0) is 36.4 Å². The zero-order valence-electron chi connectivity index (χ0n) is 9.96. The third-order valence-electron chi connectivity index (χ3n) is 2.43. The fourth-order valence-electron chi connectivity index (χ4n) is 1.36. The monoisotopic (exact) mass is 232 g/mol. The maximum absolute atomic E-state index is 5.67. The van der Waals surface area contributed by atoms with Crippen molar-refractivity contribution in [3.05, 3.63) is 30.3 Å². The summed E-state index contributed by atoms with van der Waals surface area (Å²) in [6.07, 6.45) is 0. The van der Waals surface area contributed by atoms with E-state index in [1.165, 1.54) is 0 Å². The van der Waals surface area contributed by atoms with Crippen molar-refractivity contribution in [2.75, 3.05) is 11.9 Å². The van der Waals surface area contributed by atoms with Crippen LogP contribution in [-0.2, 0) is 0 Å². The van der Waals surface area contributed by atoms with Gasteiger partial charge < -0.3 is 11.1 Å². The Labute approximate surface area is 99.8 Å². The number of nitrogens with two attached hydrogens (primary N) is 1. The van der Waals surface area contributed by atoms with E-state index in [2.05, 4.69) is 20.8 Å². The molecule has 1 aromatic heterocycles. The second-order valence-electron chi connectivity index (χ2n) is 4.46. The minimum absolute atomic E-state index is 0.249. The molecule has 1 aromatic carbocycles. The lowest BCUT2D eigenvalue weighted by Gasteiger charge is -2.24. The molecule has 0 radical (unpaired) electrons. The third-order valence-corrected chi connectivity index (χ3v) is 2.43. The van der Waals surface area contributed by atoms with Crippen LogP contribution in [0.25, 0.3) is 5.69 Å². The highest BCUT2D eigenvalue weighted by Gasteiger charge is 2.19. The van der Waals surface area contributed by atoms with Crippen molar-refractivity contribution < 1.29 is 0 Å². The number of hydrogen-bond donors (Lipinski definition) is 2. The number of aromatic nitrogens is 4. The zero-order valence-corrected chi connectivity index (χ0v) is 9.96. The largest absolute Gasteiger partial charge is 0.347 e. The van der Waals surface area contributed by atoms with Crippen molar-refractivity contribution in [2.45, 2.75) is 19.4 Å². The highest BCUT2D eigenvalue weighted by molar-refractivity contribution is 5.39. The summed E-state index contributed by atoms with van der Waals surface area (Å²) < 4.78 is 1.65. The minimum Gasteiger partial charge on any atom is -0.347 e. The standard InChI is InChI=1S/C11H16N6/c1-11(2,8-12)13-10-14-15-16-17(10)9-6-4-3-5-7-9/h3-7H,8,12H2,1-2H3,(H,13,14,16). The van der Waals surface area contributed by atoms with E-state index in [0.29, 0.717) is 12.5 Å². The smallest absolute Gasteiger partial charge is 0.248 e. The maximum atomic E-state index is 5.67. The van der Waals surface area contributed by atoms with Crippen molar-refractivity contribution in [2.24, 2.45) is 5.73 Å². The molecule has 0 unspecified atom stereocenters. The topological polar surface area (TPSA) is 81.7 Å². The van der Waals surface area contributed by atoms with E-state index in [9.17, 15) is 0 Å². The Hall–Kier alpha value is -1.95. The van der Waals surface area contributed by atoms with Gasteiger partial charge >= 0.3 is 0 Å². The number of hydrogen-bond acceptors (Lipinski definition) is 5. The molecule has 90 valence electrons. The summed E-state index contributed by atoms with van der Waals surface area (Å²) in [6, 6.07) is 9.71. The lowest BCUT2D eigenvalue weighted by atomic mass is 10.1. The van der Waals surface area contributed by atoms with Gasteiger partial charge in [0.15, 0.2) is 0 Å². The molecule has 0 fully saturated rings. The van der Waals surface area contributed by atoms with Crippen LogP contribution in [0.1, 0.15) is 13.8 Å². The molecule has 0 aliphatic carbocycles. The van der Waals surface area contributed by atoms with Crippen LogP contribution < -0.4 is 11.1 Å². The Morgan fingerprint density at radius 1 is 1.29 bits per heavy atom. The van der Waals surface area contributed by atoms with Gasteiger partial charge in [0.1, 0.15) is 0 Å². The molecule has 0 aliphatic rings. The van der Waals surface area contributed by atoms with Crippen LogP contribution in [0.15, 0.2) is 30.3 Å². The Morgan fingerprint density at radius 3 is 2.65 bits per heavy atom. The van der Waals surface area contributed by atoms with Crippen LogP contribution in [0.4, 0.5) is 5.95 Å². The summed E-state index contributed by atoms with van der Waals surface area (Å²) in [5.41, 5.74) is 6.33. The summed E-state index contributed by atoms with van der Waals surface area (Å²) in [5.74, 6) is 0.589. The van der Waals surface area contributed by atoms with Gasteiger partial charge in [0.25, 0.3) is 0 Å². The van der Waals surface area contributed by atoms with Crippen LogP contribution in [-0.4, -0.2) is 32.3 Å². The molecule has 3 N–H and O–H groups in total. The van der Waals surface area contributed by atoms with Gasteiger partial charge in [-0.3, -0.25) is 0 Å². The Balaban J connectivity index is 2.30. The van der Waals surface area contributed by atoms with Crippen molar-refractivity contribution in [3.63, 3.8) is 0 Å². The van der Waals surface area contributed by atoms with Crippen LogP contribution in [0.2, 0.25) is 0 Å². The van der Waals surface area contributed by atoms with Crippen LogP contribution in [0.5, 0.6) is 0 Å². The average Bonchev–Trinajstić information content (AvgIpc) is 2.77. The number of benzene rings is 1. The number of anilines is 1. The molecular formula is C11H16N6. The van der Waals surface area contributed by atoms with E-state index in [0.717, 1.165) is 5.69 Å². The van der Waals surface area contributed by atoms with Crippen molar-refractivity contribution in [3.8, 4) is 5.69 Å².